The summed E-state index contributed by atoms with van der Waals surface area (Å²) in [7, 11) is 0. The van der Waals surface area contributed by atoms with Gasteiger partial charge < -0.3 is 5.32 Å². The van der Waals surface area contributed by atoms with E-state index in [0.29, 0.717) is 17.1 Å². The van der Waals surface area contributed by atoms with E-state index in [1.54, 1.807) is 26.1 Å². The lowest BCUT2D eigenvalue weighted by Gasteiger charge is -2.06. The van der Waals surface area contributed by atoms with Gasteiger partial charge in [0, 0.05) is 12.6 Å². The number of amides is 1. The van der Waals surface area contributed by atoms with Crippen molar-refractivity contribution in [2.45, 2.75) is 20.3 Å². The highest BCUT2D eigenvalue weighted by Crippen LogP contribution is 2.23. The van der Waals surface area contributed by atoms with Gasteiger partial charge in [0.2, 0.25) is 5.91 Å². The Kier molecular flexibility index (Phi) is 3.25. The Hall–Kier alpha value is -1.09. The van der Waals surface area contributed by atoms with Gasteiger partial charge in [-0.05, 0) is 13.0 Å². The van der Waals surface area contributed by atoms with Crippen molar-refractivity contribution in [3.05, 3.63) is 23.0 Å². The van der Waals surface area contributed by atoms with E-state index in [1.807, 2.05) is 0 Å². The topological polar surface area (TPSA) is 42.0 Å². The lowest BCUT2D eigenvalue weighted by Crippen LogP contribution is -2.10. The fourth-order valence-electron chi connectivity index (χ4n) is 0.883. The van der Waals surface area contributed by atoms with Crippen LogP contribution in [0.15, 0.2) is 12.3 Å². The lowest BCUT2D eigenvalue weighted by molar-refractivity contribution is -0.115. The molecule has 1 rings (SSSR count). The van der Waals surface area contributed by atoms with Crippen molar-refractivity contribution >= 4 is 23.2 Å². The zero-order valence-corrected chi connectivity index (χ0v) is 8.35. The Labute approximate surface area is 82.1 Å². The molecule has 3 nitrogen and oxygen atoms in total. The minimum atomic E-state index is -0.0486. The standard InChI is InChI=1S/C9H11ClN2O/c1-3-8(13)12-7-4-5-11-6(2)9(7)10/h4-5H,3H2,1-2H3,(H,11,12,13). The predicted molar refractivity (Wildman–Crippen MR) is 52.9 cm³/mol. The van der Waals surface area contributed by atoms with Crippen LogP contribution in [0.5, 0.6) is 0 Å². The zero-order chi connectivity index (χ0) is 9.84. The Bertz CT molecular complexity index is 325. The maximum atomic E-state index is 11.1. The van der Waals surface area contributed by atoms with E-state index in [9.17, 15) is 4.79 Å². The summed E-state index contributed by atoms with van der Waals surface area (Å²) in [5.74, 6) is -0.0486. The molecule has 0 aromatic carbocycles. The van der Waals surface area contributed by atoms with Gasteiger partial charge in [-0.15, -0.1) is 0 Å². The first-order valence-corrected chi connectivity index (χ1v) is 4.44. The second kappa shape index (κ2) is 4.23. The molecule has 0 saturated heterocycles. The van der Waals surface area contributed by atoms with Gasteiger partial charge in [-0.25, -0.2) is 0 Å². The van der Waals surface area contributed by atoms with E-state index in [2.05, 4.69) is 10.3 Å². The minimum Gasteiger partial charge on any atom is -0.325 e. The number of anilines is 1. The molecule has 1 aromatic rings. The SMILES string of the molecule is CCC(=O)Nc1ccnc(C)c1Cl. The van der Waals surface area contributed by atoms with E-state index in [0.717, 1.165) is 5.69 Å². The van der Waals surface area contributed by atoms with Gasteiger partial charge in [0.05, 0.1) is 16.4 Å². The molecule has 1 N–H and O–H groups in total. The monoisotopic (exact) mass is 198 g/mol. The molecule has 0 atom stereocenters. The molecule has 13 heavy (non-hydrogen) atoms. The second-order valence-electron chi connectivity index (χ2n) is 2.66. The number of aromatic nitrogens is 1. The van der Waals surface area contributed by atoms with Crippen molar-refractivity contribution in [2.75, 3.05) is 5.32 Å². The maximum absolute atomic E-state index is 11.1. The van der Waals surface area contributed by atoms with Gasteiger partial charge in [-0.2, -0.15) is 0 Å². The largest absolute Gasteiger partial charge is 0.325 e. The summed E-state index contributed by atoms with van der Waals surface area (Å²) >= 11 is 5.92. The molecule has 1 heterocycles. The molecular formula is C9H11ClN2O. The molecule has 1 amide bonds. The normalized spacial score (nSPS) is 9.77. The third kappa shape index (κ3) is 2.42. The fraction of sp³-hybridized carbons (Fsp3) is 0.333. The summed E-state index contributed by atoms with van der Waals surface area (Å²) in [5.41, 5.74) is 1.34. The molecule has 0 unspecified atom stereocenters. The molecule has 4 heteroatoms. The summed E-state index contributed by atoms with van der Waals surface area (Å²) in [4.78, 5) is 15.0. The van der Waals surface area contributed by atoms with Crippen LogP contribution in [-0.2, 0) is 4.79 Å². The molecule has 0 spiro atoms. The predicted octanol–water partition coefficient (Wildman–Crippen LogP) is 2.39. The molecular weight excluding hydrogens is 188 g/mol. The number of carbonyl (C=O) groups excluding carboxylic acids is 1. The Morgan fingerprint density at radius 2 is 2.38 bits per heavy atom. The number of hydrogen-bond donors (Lipinski definition) is 1. The Balaban J connectivity index is 2.89. The highest BCUT2D eigenvalue weighted by Gasteiger charge is 2.05. The second-order valence-corrected chi connectivity index (χ2v) is 3.04. The van der Waals surface area contributed by atoms with E-state index < -0.39 is 0 Å². The smallest absolute Gasteiger partial charge is 0.224 e. The van der Waals surface area contributed by atoms with E-state index in [4.69, 9.17) is 11.6 Å². The Morgan fingerprint density at radius 3 is 3.00 bits per heavy atom. The number of rotatable bonds is 2. The summed E-state index contributed by atoms with van der Waals surface area (Å²) in [6.07, 6.45) is 2.06. The summed E-state index contributed by atoms with van der Waals surface area (Å²) in [6, 6.07) is 1.68. The van der Waals surface area contributed by atoms with Crippen LogP contribution < -0.4 is 5.32 Å². The van der Waals surface area contributed by atoms with Gasteiger partial charge in [0.25, 0.3) is 0 Å². The van der Waals surface area contributed by atoms with Gasteiger partial charge >= 0.3 is 0 Å². The zero-order valence-electron chi connectivity index (χ0n) is 7.60. The molecule has 0 aliphatic heterocycles. The van der Waals surface area contributed by atoms with Crippen molar-refractivity contribution in [3.8, 4) is 0 Å². The van der Waals surface area contributed by atoms with E-state index in [1.165, 1.54) is 0 Å². The molecule has 0 aliphatic rings. The molecule has 0 fully saturated rings. The first-order valence-electron chi connectivity index (χ1n) is 4.06. The molecule has 0 saturated carbocycles. The van der Waals surface area contributed by atoms with E-state index >= 15 is 0 Å². The lowest BCUT2D eigenvalue weighted by atomic mass is 10.3. The number of nitrogens with one attached hydrogen (secondary N) is 1. The number of pyridine rings is 1. The van der Waals surface area contributed by atoms with Crippen LogP contribution in [0.25, 0.3) is 0 Å². The van der Waals surface area contributed by atoms with Crippen molar-refractivity contribution in [1.82, 2.24) is 4.98 Å². The van der Waals surface area contributed by atoms with Crippen LogP contribution in [0.2, 0.25) is 5.02 Å². The average molecular weight is 199 g/mol. The van der Waals surface area contributed by atoms with Crippen molar-refractivity contribution in [1.29, 1.82) is 0 Å². The number of carbonyl (C=O) groups is 1. The summed E-state index contributed by atoms with van der Waals surface area (Å²) in [5, 5.41) is 3.19. The molecule has 1 aromatic heterocycles. The highest BCUT2D eigenvalue weighted by molar-refractivity contribution is 6.34. The van der Waals surface area contributed by atoms with Crippen LogP contribution in [0, 0.1) is 6.92 Å². The van der Waals surface area contributed by atoms with Gasteiger partial charge in [0.1, 0.15) is 0 Å². The van der Waals surface area contributed by atoms with Crippen LogP contribution in [0.3, 0.4) is 0 Å². The number of aryl methyl sites for hydroxylation is 1. The van der Waals surface area contributed by atoms with Crippen molar-refractivity contribution in [2.24, 2.45) is 0 Å². The first kappa shape index (κ1) is 9.99. The van der Waals surface area contributed by atoms with Crippen molar-refractivity contribution < 1.29 is 4.79 Å². The third-order valence-electron chi connectivity index (χ3n) is 1.66. The van der Waals surface area contributed by atoms with E-state index in [-0.39, 0.29) is 5.91 Å². The Morgan fingerprint density at radius 1 is 1.69 bits per heavy atom. The summed E-state index contributed by atoms with van der Waals surface area (Å²) < 4.78 is 0. The van der Waals surface area contributed by atoms with Crippen molar-refractivity contribution in [3.63, 3.8) is 0 Å². The van der Waals surface area contributed by atoms with Crippen LogP contribution >= 0.6 is 11.6 Å². The molecule has 0 aliphatic carbocycles. The number of hydrogen-bond acceptors (Lipinski definition) is 2. The summed E-state index contributed by atoms with van der Waals surface area (Å²) in [6.45, 7) is 3.58. The quantitative estimate of drug-likeness (QED) is 0.793. The van der Waals surface area contributed by atoms with Gasteiger partial charge in [-0.3, -0.25) is 9.78 Å². The highest BCUT2D eigenvalue weighted by atomic mass is 35.5. The maximum Gasteiger partial charge on any atom is 0.224 e. The average Bonchev–Trinajstić information content (AvgIpc) is 2.13. The molecule has 0 radical (unpaired) electrons. The van der Waals surface area contributed by atoms with Crippen LogP contribution in [0.1, 0.15) is 19.0 Å². The van der Waals surface area contributed by atoms with Gasteiger partial charge in [0.15, 0.2) is 0 Å². The molecule has 70 valence electrons. The number of halogens is 1. The first-order chi connectivity index (χ1) is 6.15. The van der Waals surface area contributed by atoms with Crippen LogP contribution in [0.4, 0.5) is 5.69 Å². The fourth-order valence-corrected chi connectivity index (χ4v) is 1.04. The molecule has 0 bridgehead atoms. The third-order valence-corrected chi connectivity index (χ3v) is 2.14. The number of nitrogens with zero attached hydrogens (tertiary/aromatic N) is 1. The minimum absolute atomic E-state index is 0.0486. The van der Waals surface area contributed by atoms with Gasteiger partial charge in [-0.1, -0.05) is 18.5 Å². The van der Waals surface area contributed by atoms with Crippen LogP contribution in [-0.4, -0.2) is 10.9 Å².